The summed E-state index contributed by atoms with van der Waals surface area (Å²) in [5, 5.41) is 4.45. The molecule has 1 N–H and O–H groups in total. The minimum atomic E-state index is -0.718. The van der Waals surface area contributed by atoms with Gasteiger partial charge in [0.25, 0.3) is 0 Å². The van der Waals surface area contributed by atoms with E-state index >= 15 is 0 Å². The fourth-order valence-electron chi connectivity index (χ4n) is 1.43. The first-order chi connectivity index (χ1) is 8.04. The van der Waals surface area contributed by atoms with Crippen molar-refractivity contribution >= 4 is 34.0 Å². The first kappa shape index (κ1) is 15.0. The maximum Gasteiger partial charge on any atom is 0.0595 e. The largest absolute Gasteiger partial charge is 0.309 e. The third kappa shape index (κ3) is 4.96. The minimum absolute atomic E-state index is 0.179. The smallest absolute Gasteiger partial charge is 0.0595 e. The van der Waals surface area contributed by atoms with E-state index in [2.05, 4.69) is 12.2 Å². The predicted octanol–water partition coefficient (Wildman–Crippen LogP) is 3.41. The third-order valence-corrected chi connectivity index (χ3v) is 4.59. The first-order valence-corrected chi connectivity index (χ1v) is 7.82. The van der Waals surface area contributed by atoms with Gasteiger partial charge in [-0.1, -0.05) is 36.2 Å². The molecular weight excluding hydrogens is 277 g/mol. The first-order valence-electron chi connectivity index (χ1n) is 5.58. The lowest BCUT2D eigenvalue weighted by atomic mass is 10.1. The lowest BCUT2D eigenvalue weighted by Crippen LogP contribution is -2.24. The van der Waals surface area contributed by atoms with Gasteiger partial charge in [-0.3, -0.25) is 4.21 Å². The monoisotopic (exact) mass is 293 g/mol. The second kappa shape index (κ2) is 7.37. The lowest BCUT2D eigenvalue weighted by Gasteiger charge is -2.14. The molecule has 0 fully saturated rings. The van der Waals surface area contributed by atoms with Crippen LogP contribution in [0.1, 0.15) is 25.5 Å². The molecule has 2 unspecified atom stereocenters. The predicted molar refractivity (Wildman–Crippen MR) is 76.4 cm³/mol. The maximum absolute atomic E-state index is 11.3. The van der Waals surface area contributed by atoms with Crippen LogP contribution in [0.15, 0.2) is 18.2 Å². The van der Waals surface area contributed by atoms with Crippen LogP contribution in [0.3, 0.4) is 0 Å². The molecule has 0 saturated heterocycles. The second-order valence-corrected chi connectivity index (χ2v) is 6.46. The molecule has 0 aliphatic heterocycles. The highest BCUT2D eigenvalue weighted by molar-refractivity contribution is 7.84. The van der Waals surface area contributed by atoms with Crippen molar-refractivity contribution in [1.82, 2.24) is 5.32 Å². The molecule has 0 spiro atoms. The van der Waals surface area contributed by atoms with Crippen LogP contribution in [-0.4, -0.2) is 22.3 Å². The van der Waals surface area contributed by atoms with Gasteiger partial charge in [0.1, 0.15) is 0 Å². The average molecular weight is 294 g/mol. The molecule has 2 nitrogen and oxygen atoms in total. The zero-order valence-electron chi connectivity index (χ0n) is 10.0. The molecule has 0 amide bonds. The Bertz CT molecular complexity index is 398. The van der Waals surface area contributed by atoms with Crippen LogP contribution in [-0.2, 0) is 10.8 Å². The van der Waals surface area contributed by atoms with Crippen LogP contribution in [0, 0.1) is 0 Å². The molecule has 1 rings (SSSR count). The van der Waals surface area contributed by atoms with E-state index in [1.807, 2.05) is 19.1 Å². The summed E-state index contributed by atoms with van der Waals surface area (Å²) in [7, 11) is -0.718. The summed E-state index contributed by atoms with van der Waals surface area (Å²) >= 11 is 11.8. The summed E-state index contributed by atoms with van der Waals surface area (Å²) in [6, 6.07) is 5.78. The van der Waals surface area contributed by atoms with Crippen LogP contribution in [0.2, 0.25) is 10.0 Å². The molecule has 1 aromatic rings. The van der Waals surface area contributed by atoms with Gasteiger partial charge in [-0.25, -0.2) is 0 Å². The average Bonchev–Trinajstić information content (AvgIpc) is 2.32. The number of halogens is 2. The molecule has 1 aromatic carbocycles. The van der Waals surface area contributed by atoms with Crippen molar-refractivity contribution in [3.8, 4) is 0 Å². The van der Waals surface area contributed by atoms with Gasteiger partial charge >= 0.3 is 0 Å². The van der Waals surface area contributed by atoms with E-state index in [1.54, 1.807) is 6.07 Å². The Morgan fingerprint density at radius 3 is 2.65 bits per heavy atom. The van der Waals surface area contributed by atoms with Crippen molar-refractivity contribution in [3.63, 3.8) is 0 Å². The molecule has 2 atom stereocenters. The van der Waals surface area contributed by atoms with Gasteiger partial charge in [0.05, 0.1) is 10.0 Å². The van der Waals surface area contributed by atoms with Gasteiger partial charge in [-0.2, -0.15) is 0 Å². The molecule has 0 heterocycles. The standard InChI is InChI=1S/C12H17Cl2NOS/c1-3-17(16)7-6-15-9(2)10-4-5-11(13)12(14)8-10/h4-5,8-9,15H,3,6-7H2,1-2H3. The second-order valence-electron chi connectivity index (χ2n) is 3.78. The Morgan fingerprint density at radius 2 is 2.06 bits per heavy atom. The fraction of sp³-hybridized carbons (Fsp3) is 0.500. The summed E-state index contributed by atoms with van der Waals surface area (Å²) in [6.07, 6.45) is 0. The van der Waals surface area contributed by atoms with Crippen molar-refractivity contribution in [2.45, 2.75) is 19.9 Å². The van der Waals surface area contributed by atoms with Gasteiger partial charge in [0.15, 0.2) is 0 Å². The van der Waals surface area contributed by atoms with Gasteiger partial charge in [0.2, 0.25) is 0 Å². The normalized spacial score (nSPS) is 14.6. The number of rotatable bonds is 6. The van der Waals surface area contributed by atoms with Crippen LogP contribution in [0.4, 0.5) is 0 Å². The summed E-state index contributed by atoms with van der Waals surface area (Å²) < 4.78 is 11.3. The Labute approximate surface area is 115 Å². The summed E-state index contributed by atoms with van der Waals surface area (Å²) in [6.45, 7) is 4.72. The van der Waals surface area contributed by atoms with Crippen LogP contribution < -0.4 is 5.32 Å². The van der Waals surface area contributed by atoms with Gasteiger partial charge in [-0.05, 0) is 24.6 Å². The minimum Gasteiger partial charge on any atom is -0.309 e. The van der Waals surface area contributed by atoms with E-state index in [9.17, 15) is 4.21 Å². The molecule has 96 valence electrons. The Kier molecular flexibility index (Phi) is 6.49. The number of benzene rings is 1. The third-order valence-electron chi connectivity index (χ3n) is 2.55. The topological polar surface area (TPSA) is 29.1 Å². The molecule has 0 saturated carbocycles. The van der Waals surface area contributed by atoms with E-state index in [0.717, 1.165) is 12.1 Å². The zero-order chi connectivity index (χ0) is 12.8. The Hall–Kier alpha value is -0.0900. The molecule has 5 heteroatoms. The molecule has 0 aliphatic carbocycles. The van der Waals surface area contributed by atoms with Crippen molar-refractivity contribution in [3.05, 3.63) is 33.8 Å². The van der Waals surface area contributed by atoms with Crippen LogP contribution in [0.25, 0.3) is 0 Å². The van der Waals surface area contributed by atoms with Crippen LogP contribution in [0.5, 0.6) is 0 Å². The lowest BCUT2D eigenvalue weighted by molar-refractivity contribution is 0.596. The summed E-state index contributed by atoms with van der Waals surface area (Å²) in [4.78, 5) is 0. The quantitative estimate of drug-likeness (QED) is 0.871. The highest BCUT2D eigenvalue weighted by Gasteiger charge is 2.07. The number of hydrogen-bond acceptors (Lipinski definition) is 2. The summed E-state index contributed by atoms with van der Waals surface area (Å²) in [5.74, 6) is 1.39. The van der Waals surface area contributed by atoms with E-state index in [0.29, 0.717) is 21.6 Å². The van der Waals surface area contributed by atoms with Crippen molar-refractivity contribution in [1.29, 1.82) is 0 Å². The fourth-order valence-corrected chi connectivity index (χ4v) is 2.37. The zero-order valence-corrected chi connectivity index (χ0v) is 12.3. The maximum atomic E-state index is 11.3. The van der Waals surface area contributed by atoms with Crippen molar-refractivity contribution in [2.75, 3.05) is 18.1 Å². The number of hydrogen-bond donors (Lipinski definition) is 1. The van der Waals surface area contributed by atoms with E-state index in [1.165, 1.54) is 0 Å². The molecule has 17 heavy (non-hydrogen) atoms. The van der Waals surface area contributed by atoms with Gasteiger partial charge in [0, 0.05) is 34.9 Å². The molecular formula is C12H17Cl2NOS. The van der Waals surface area contributed by atoms with E-state index in [-0.39, 0.29) is 6.04 Å². The molecule has 0 radical (unpaired) electrons. The van der Waals surface area contributed by atoms with Gasteiger partial charge < -0.3 is 5.32 Å². The Morgan fingerprint density at radius 1 is 1.35 bits per heavy atom. The Balaban J connectivity index is 2.49. The van der Waals surface area contributed by atoms with Crippen molar-refractivity contribution < 1.29 is 4.21 Å². The summed E-state index contributed by atoms with van der Waals surface area (Å²) in [5.41, 5.74) is 1.08. The van der Waals surface area contributed by atoms with Crippen molar-refractivity contribution in [2.24, 2.45) is 0 Å². The molecule has 0 aliphatic rings. The number of nitrogens with one attached hydrogen (secondary N) is 1. The highest BCUT2D eigenvalue weighted by atomic mass is 35.5. The molecule has 0 bridgehead atoms. The van der Waals surface area contributed by atoms with E-state index < -0.39 is 10.8 Å². The SMILES string of the molecule is CCS(=O)CCNC(C)c1ccc(Cl)c(Cl)c1. The van der Waals surface area contributed by atoms with E-state index in [4.69, 9.17) is 23.2 Å². The van der Waals surface area contributed by atoms with Gasteiger partial charge in [-0.15, -0.1) is 0 Å². The highest BCUT2D eigenvalue weighted by Crippen LogP contribution is 2.25. The van der Waals surface area contributed by atoms with Crippen LogP contribution >= 0.6 is 23.2 Å². The molecule has 0 aromatic heterocycles.